The van der Waals surface area contributed by atoms with Crippen molar-refractivity contribution < 1.29 is 9.72 Å². The highest BCUT2D eigenvalue weighted by atomic mass is 35.5. The monoisotopic (exact) mass is 344 g/mol. The summed E-state index contributed by atoms with van der Waals surface area (Å²) in [5, 5.41) is 14.3. The third kappa shape index (κ3) is 3.12. The number of nitro groups is 1. The molecule has 1 fully saturated rings. The highest BCUT2D eigenvalue weighted by Crippen LogP contribution is 2.44. The molecule has 5 nitrogen and oxygen atoms in total. The first-order valence-corrected chi connectivity index (χ1v) is 8.17. The average Bonchev–Trinajstić information content (AvgIpc) is 2.54. The van der Waals surface area contributed by atoms with E-state index in [1.807, 2.05) is 12.1 Å². The van der Waals surface area contributed by atoms with E-state index in [4.69, 9.17) is 11.6 Å². The molecule has 1 saturated carbocycles. The van der Waals surface area contributed by atoms with Crippen LogP contribution in [0.5, 0.6) is 0 Å². The van der Waals surface area contributed by atoms with Gasteiger partial charge in [-0.15, -0.1) is 0 Å². The van der Waals surface area contributed by atoms with Crippen LogP contribution >= 0.6 is 11.6 Å². The zero-order valence-electron chi connectivity index (χ0n) is 13.0. The first kappa shape index (κ1) is 16.5. The number of amides is 1. The molecule has 1 aliphatic rings. The van der Waals surface area contributed by atoms with Crippen LogP contribution in [0.15, 0.2) is 48.5 Å². The third-order valence-electron chi connectivity index (χ3n) is 4.64. The number of nitrogens with one attached hydrogen (secondary N) is 1. The number of benzene rings is 2. The molecule has 124 valence electrons. The number of hydrogen-bond donors (Lipinski definition) is 1. The summed E-state index contributed by atoms with van der Waals surface area (Å²) < 4.78 is 0. The van der Waals surface area contributed by atoms with E-state index in [0.29, 0.717) is 11.6 Å². The number of nitro benzene ring substituents is 1. The van der Waals surface area contributed by atoms with Crippen molar-refractivity contribution in [3.63, 3.8) is 0 Å². The molecule has 0 unspecified atom stereocenters. The minimum atomic E-state index is -0.481. The van der Waals surface area contributed by atoms with Crippen LogP contribution in [0.1, 0.15) is 30.4 Å². The molecule has 6 heteroatoms. The predicted molar refractivity (Wildman–Crippen MR) is 91.9 cm³/mol. The van der Waals surface area contributed by atoms with Gasteiger partial charge in [0.05, 0.1) is 10.3 Å². The first-order valence-electron chi connectivity index (χ1n) is 7.79. The van der Waals surface area contributed by atoms with E-state index in [2.05, 4.69) is 5.32 Å². The number of carbonyl (C=O) groups is 1. The summed E-state index contributed by atoms with van der Waals surface area (Å²) in [7, 11) is 0. The van der Waals surface area contributed by atoms with Gasteiger partial charge in [-0.25, -0.2) is 0 Å². The summed E-state index contributed by atoms with van der Waals surface area (Å²) in [5.74, 6) is -0.00516. The van der Waals surface area contributed by atoms with Gasteiger partial charge < -0.3 is 5.32 Å². The van der Waals surface area contributed by atoms with Crippen LogP contribution in [0.25, 0.3) is 0 Å². The Morgan fingerprint density at radius 1 is 1.12 bits per heavy atom. The van der Waals surface area contributed by atoms with Crippen molar-refractivity contribution in [1.29, 1.82) is 0 Å². The summed E-state index contributed by atoms with van der Waals surface area (Å²) in [5.41, 5.74) is 1.38. The van der Waals surface area contributed by atoms with Gasteiger partial charge in [0.15, 0.2) is 0 Å². The Bertz CT molecular complexity index is 753. The molecule has 0 spiro atoms. The van der Waals surface area contributed by atoms with Crippen LogP contribution < -0.4 is 5.32 Å². The highest BCUT2D eigenvalue weighted by Gasteiger charge is 2.45. The lowest BCUT2D eigenvalue weighted by atomic mass is 9.64. The quantitative estimate of drug-likeness (QED) is 0.658. The Labute approximate surface area is 144 Å². The number of hydrogen-bond acceptors (Lipinski definition) is 3. The molecule has 0 atom stereocenters. The van der Waals surface area contributed by atoms with E-state index in [1.165, 1.54) is 12.1 Å². The van der Waals surface area contributed by atoms with Crippen molar-refractivity contribution in [2.24, 2.45) is 0 Å². The van der Waals surface area contributed by atoms with Crippen LogP contribution in [0.4, 0.5) is 5.69 Å². The standard InChI is InChI=1S/C18H17ClN2O3/c19-15-6-4-14(5-7-15)18(10-1-11-18)17(22)20-12-13-2-8-16(9-3-13)21(23)24/h2-9H,1,10-12H2,(H,20,22). The van der Waals surface area contributed by atoms with Crippen molar-refractivity contribution >= 4 is 23.2 Å². The molecule has 0 heterocycles. The SMILES string of the molecule is O=C(NCc1ccc([N+](=O)[O-])cc1)C1(c2ccc(Cl)cc2)CCC1. The normalized spacial score (nSPS) is 15.4. The van der Waals surface area contributed by atoms with Crippen LogP contribution in [-0.4, -0.2) is 10.8 Å². The number of rotatable bonds is 5. The van der Waals surface area contributed by atoms with E-state index in [0.717, 1.165) is 30.4 Å². The van der Waals surface area contributed by atoms with E-state index in [-0.39, 0.29) is 11.6 Å². The second kappa shape index (κ2) is 6.61. The Hall–Kier alpha value is -2.40. The molecule has 24 heavy (non-hydrogen) atoms. The molecular weight excluding hydrogens is 328 g/mol. The maximum absolute atomic E-state index is 12.7. The molecule has 1 amide bonds. The molecule has 0 saturated heterocycles. The first-order chi connectivity index (χ1) is 11.5. The number of carbonyl (C=O) groups excluding carboxylic acids is 1. The molecule has 1 aliphatic carbocycles. The van der Waals surface area contributed by atoms with Crippen molar-refractivity contribution in [3.8, 4) is 0 Å². The fourth-order valence-corrected chi connectivity index (χ4v) is 3.16. The Morgan fingerprint density at radius 3 is 2.25 bits per heavy atom. The summed E-state index contributed by atoms with van der Waals surface area (Å²) in [6.45, 7) is 0.353. The van der Waals surface area contributed by atoms with Gasteiger partial charge in [-0.05, 0) is 36.1 Å². The lowest BCUT2D eigenvalue weighted by Crippen LogP contribution is -2.48. The second-order valence-electron chi connectivity index (χ2n) is 6.05. The van der Waals surface area contributed by atoms with Crippen molar-refractivity contribution in [1.82, 2.24) is 5.32 Å². The Morgan fingerprint density at radius 2 is 1.75 bits per heavy atom. The molecule has 2 aromatic carbocycles. The summed E-state index contributed by atoms with van der Waals surface area (Å²) in [6.07, 6.45) is 2.66. The van der Waals surface area contributed by atoms with Crippen molar-refractivity contribution in [3.05, 3.63) is 74.8 Å². The molecule has 0 bridgehead atoms. The van der Waals surface area contributed by atoms with Gasteiger partial charge in [0, 0.05) is 23.7 Å². The lowest BCUT2D eigenvalue weighted by molar-refractivity contribution is -0.384. The van der Waals surface area contributed by atoms with Crippen molar-refractivity contribution in [2.75, 3.05) is 0 Å². The maximum atomic E-state index is 12.7. The zero-order chi connectivity index (χ0) is 17.2. The van der Waals surface area contributed by atoms with E-state index < -0.39 is 10.3 Å². The third-order valence-corrected chi connectivity index (χ3v) is 4.89. The fraction of sp³-hybridized carbons (Fsp3) is 0.278. The van der Waals surface area contributed by atoms with E-state index in [9.17, 15) is 14.9 Å². The molecule has 0 radical (unpaired) electrons. The second-order valence-corrected chi connectivity index (χ2v) is 6.49. The molecule has 3 rings (SSSR count). The minimum Gasteiger partial charge on any atom is -0.351 e. The molecule has 0 aromatic heterocycles. The molecule has 0 aliphatic heterocycles. The lowest BCUT2D eigenvalue weighted by Gasteiger charge is -2.40. The van der Waals surface area contributed by atoms with Gasteiger partial charge in [-0.3, -0.25) is 14.9 Å². The van der Waals surface area contributed by atoms with Crippen molar-refractivity contribution in [2.45, 2.75) is 31.2 Å². The van der Waals surface area contributed by atoms with Gasteiger partial charge in [0.25, 0.3) is 5.69 Å². The number of halogens is 1. The largest absolute Gasteiger partial charge is 0.351 e. The van der Waals surface area contributed by atoms with Gasteiger partial charge in [-0.1, -0.05) is 42.3 Å². The highest BCUT2D eigenvalue weighted by molar-refractivity contribution is 6.30. The predicted octanol–water partition coefficient (Wildman–Crippen LogP) is 3.99. The number of non-ortho nitro benzene ring substituents is 1. The number of nitrogens with zero attached hydrogens (tertiary/aromatic N) is 1. The van der Waals surface area contributed by atoms with Crippen LogP contribution in [0.3, 0.4) is 0 Å². The zero-order valence-corrected chi connectivity index (χ0v) is 13.8. The fourth-order valence-electron chi connectivity index (χ4n) is 3.03. The average molecular weight is 345 g/mol. The summed E-state index contributed by atoms with van der Waals surface area (Å²) in [4.78, 5) is 23.0. The van der Waals surface area contributed by atoms with Crippen LogP contribution in [-0.2, 0) is 16.8 Å². The molecule has 2 aromatic rings. The van der Waals surface area contributed by atoms with Gasteiger partial charge in [0.1, 0.15) is 0 Å². The Kier molecular flexibility index (Phi) is 4.53. The molecule has 1 N–H and O–H groups in total. The van der Waals surface area contributed by atoms with Crippen LogP contribution in [0.2, 0.25) is 5.02 Å². The Balaban J connectivity index is 1.69. The van der Waals surface area contributed by atoms with Gasteiger partial charge in [-0.2, -0.15) is 0 Å². The summed E-state index contributed by atoms with van der Waals surface area (Å²) in [6, 6.07) is 13.6. The molecular formula is C18H17ClN2O3. The minimum absolute atomic E-state index is 0.00516. The van der Waals surface area contributed by atoms with E-state index >= 15 is 0 Å². The maximum Gasteiger partial charge on any atom is 0.269 e. The van der Waals surface area contributed by atoms with E-state index in [1.54, 1.807) is 24.3 Å². The topological polar surface area (TPSA) is 72.2 Å². The van der Waals surface area contributed by atoms with Crippen LogP contribution in [0, 0.1) is 10.1 Å². The summed E-state index contributed by atoms with van der Waals surface area (Å²) >= 11 is 5.93. The van der Waals surface area contributed by atoms with Gasteiger partial charge >= 0.3 is 0 Å². The smallest absolute Gasteiger partial charge is 0.269 e. The van der Waals surface area contributed by atoms with Gasteiger partial charge in [0.2, 0.25) is 5.91 Å².